The molecule has 0 aromatic heterocycles. The number of ether oxygens (including phenoxy) is 2. The van der Waals surface area contributed by atoms with Gasteiger partial charge in [-0.2, -0.15) is 0 Å². The van der Waals surface area contributed by atoms with Crippen molar-refractivity contribution in [1.29, 1.82) is 0 Å². The summed E-state index contributed by atoms with van der Waals surface area (Å²) in [6.45, 7) is 7.37. The van der Waals surface area contributed by atoms with Crippen LogP contribution in [0, 0.1) is 0 Å². The van der Waals surface area contributed by atoms with Crippen LogP contribution in [-0.4, -0.2) is 29.3 Å². The van der Waals surface area contributed by atoms with Crippen LogP contribution in [0.2, 0.25) is 0 Å². The third kappa shape index (κ3) is 7.78. The van der Waals surface area contributed by atoms with Crippen molar-refractivity contribution in [3.63, 3.8) is 0 Å². The lowest BCUT2D eigenvalue weighted by atomic mass is 10.2. The third-order valence-electron chi connectivity index (χ3n) is 1.41. The van der Waals surface area contributed by atoms with Crippen LogP contribution in [0.25, 0.3) is 0 Å². The van der Waals surface area contributed by atoms with E-state index in [-0.39, 0.29) is 24.9 Å². The lowest BCUT2D eigenvalue weighted by Gasteiger charge is -2.19. The first-order chi connectivity index (χ1) is 6.89. The van der Waals surface area contributed by atoms with Crippen molar-refractivity contribution in [2.24, 2.45) is 5.16 Å². The number of rotatable bonds is 4. The molecule has 0 aromatic carbocycles. The summed E-state index contributed by atoms with van der Waals surface area (Å²) >= 11 is 0. The van der Waals surface area contributed by atoms with E-state index in [0.717, 1.165) is 0 Å². The van der Waals surface area contributed by atoms with Crippen molar-refractivity contribution >= 4 is 11.9 Å². The molecular formula is C10H19NO4. The Hall–Kier alpha value is -1.26. The Morgan fingerprint density at radius 1 is 1.40 bits per heavy atom. The zero-order valence-corrected chi connectivity index (χ0v) is 9.74. The Morgan fingerprint density at radius 3 is 2.40 bits per heavy atom. The molecule has 0 radical (unpaired) electrons. The second-order valence-corrected chi connectivity index (χ2v) is 4.03. The molecule has 0 atom stereocenters. The van der Waals surface area contributed by atoms with Crippen LogP contribution >= 0.6 is 0 Å². The molecule has 0 unspecified atom stereocenters. The maximum absolute atomic E-state index is 11.2. The second kappa shape index (κ2) is 6.27. The highest BCUT2D eigenvalue weighted by Crippen LogP contribution is 2.08. The molecule has 0 saturated heterocycles. The fourth-order valence-electron chi connectivity index (χ4n) is 0.846. The highest BCUT2D eigenvalue weighted by atomic mass is 16.6. The van der Waals surface area contributed by atoms with Crippen LogP contribution in [-0.2, 0) is 14.3 Å². The van der Waals surface area contributed by atoms with Gasteiger partial charge in [-0.15, -0.1) is 0 Å². The first-order valence-electron chi connectivity index (χ1n) is 4.94. The van der Waals surface area contributed by atoms with E-state index < -0.39 is 5.60 Å². The average Bonchev–Trinajstić information content (AvgIpc) is 2.09. The molecule has 0 aliphatic carbocycles. The number of oxime groups is 1. The van der Waals surface area contributed by atoms with Crippen molar-refractivity contribution in [3.8, 4) is 0 Å². The minimum atomic E-state index is -0.476. The average molecular weight is 217 g/mol. The van der Waals surface area contributed by atoms with Gasteiger partial charge in [0.1, 0.15) is 12.2 Å². The van der Waals surface area contributed by atoms with Crippen molar-refractivity contribution in [2.45, 2.75) is 46.1 Å². The Morgan fingerprint density at radius 2 is 2.00 bits per heavy atom. The number of nitrogens with zero attached hydrogens (tertiary/aromatic N) is 1. The Kier molecular flexibility index (Phi) is 5.74. The molecule has 0 aromatic rings. The molecule has 0 bridgehead atoms. The van der Waals surface area contributed by atoms with Gasteiger partial charge in [0.15, 0.2) is 0 Å². The normalized spacial score (nSPS) is 12.4. The quantitative estimate of drug-likeness (QED) is 0.257. The molecule has 0 rings (SSSR count). The summed E-state index contributed by atoms with van der Waals surface area (Å²) in [5.74, 6) is -0.102. The molecular weight excluding hydrogens is 198 g/mol. The van der Waals surface area contributed by atoms with Gasteiger partial charge in [-0.1, -0.05) is 12.1 Å². The lowest BCUT2D eigenvalue weighted by molar-refractivity contribution is -0.155. The van der Waals surface area contributed by atoms with Crippen molar-refractivity contribution in [1.82, 2.24) is 0 Å². The van der Waals surface area contributed by atoms with E-state index in [1.807, 2.05) is 0 Å². The minimum Gasteiger partial charge on any atom is -0.478 e. The van der Waals surface area contributed by atoms with Crippen LogP contribution in [0.3, 0.4) is 0 Å². The maximum atomic E-state index is 11.2. The summed E-state index contributed by atoms with van der Waals surface area (Å²) in [6, 6.07) is 0. The Labute approximate surface area is 90.1 Å². The topological polar surface area (TPSA) is 68.1 Å². The summed E-state index contributed by atoms with van der Waals surface area (Å²) in [6.07, 6.45) is 0.640. The fourth-order valence-corrected chi connectivity index (χ4v) is 0.846. The predicted octanol–water partition coefficient (Wildman–Crippen LogP) is 1.93. The molecule has 1 N–H and O–H groups in total. The third-order valence-corrected chi connectivity index (χ3v) is 1.41. The number of carbonyl (C=O) groups is 1. The Bertz CT molecular complexity index is 230. The molecule has 0 fully saturated rings. The molecule has 0 spiro atoms. The Balaban J connectivity index is 3.74. The molecule has 0 aliphatic rings. The van der Waals surface area contributed by atoms with Crippen LogP contribution < -0.4 is 0 Å². The van der Waals surface area contributed by atoms with Gasteiger partial charge in [0.2, 0.25) is 5.90 Å². The van der Waals surface area contributed by atoms with Gasteiger partial charge in [-0.3, -0.25) is 4.79 Å². The molecule has 0 amide bonds. The zero-order chi connectivity index (χ0) is 11.9. The minimum absolute atomic E-state index is 0.149. The molecule has 5 nitrogen and oxygen atoms in total. The summed E-state index contributed by atoms with van der Waals surface area (Å²) in [5, 5.41) is 11.3. The summed E-state index contributed by atoms with van der Waals surface area (Å²) < 4.78 is 10.1. The first kappa shape index (κ1) is 13.7. The van der Waals surface area contributed by atoms with Gasteiger partial charge in [0.05, 0.1) is 6.42 Å². The van der Waals surface area contributed by atoms with Gasteiger partial charge in [0, 0.05) is 6.42 Å². The smallest absolute Gasteiger partial charge is 0.309 e. The van der Waals surface area contributed by atoms with E-state index in [1.54, 1.807) is 27.7 Å². The monoisotopic (exact) mass is 217 g/mol. The van der Waals surface area contributed by atoms with Crippen molar-refractivity contribution < 1.29 is 19.5 Å². The van der Waals surface area contributed by atoms with E-state index in [0.29, 0.717) is 6.42 Å². The SMILES string of the molecule is CCC(=NO)OCCC(=O)OC(C)(C)C. The largest absolute Gasteiger partial charge is 0.478 e. The van der Waals surface area contributed by atoms with E-state index in [4.69, 9.17) is 14.7 Å². The number of hydrogen-bond donors (Lipinski definition) is 1. The molecule has 0 saturated carbocycles. The van der Waals surface area contributed by atoms with E-state index in [2.05, 4.69) is 5.16 Å². The molecule has 15 heavy (non-hydrogen) atoms. The van der Waals surface area contributed by atoms with Crippen molar-refractivity contribution in [3.05, 3.63) is 0 Å². The fraction of sp³-hybridized carbons (Fsp3) is 0.800. The number of hydrogen-bond acceptors (Lipinski definition) is 5. The number of esters is 1. The molecule has 0 heterocycles. The van der Waals surface area contributed by atoms with E-state index >= 15 is 0 Å². The molecule has 5 heteroatoms. The van der Waals surface area contributed by atoms with Gasteiger partial charge in [-0.05, 0) is 20.8 Å². The van der Waals surface area contributed by atoms with Crippen molar-refractivity contribution in [2.75, 3.05) is 6.61 Å². The van der Waals surface area contributed by atoms with Gasteiger partial charge < -0.3 is 14.7 Å². The zero-order valence-electron chi connectivity index (χ0n) is 9.74. The van der Waals surface area contributed by atoms with E-state index in [9.17, 15) is 4.79 Å². The van der Waals surface area contributed by atoms with Crippen LogP contribution in [0.15, 0.2) is 5.16 Å². The van der Waals surface area contributed by atoms with Gasteiger partial charge >= 0.3 is 5.97 Å². The molecule has 0 aliphatic heterocycles. The highest BCUT2D eigenvalue weighted by Gasteiger charge is 2.16. The van der Waals surface area contributed by atoms with Gasteiger partial charge in [0.25, 0.3) is 0 Å². The second-order valence-electron chi connectivity index (χ2n) is 4.03. The highest BCUT2D eigenvalue weighted by molar-refractivity contribution is 5.75. The van der Waals surface area contributed by atoms with Crippen LogP contribution in [0.4, 0.5) is 0 Å². The first-order valence-corrected chi connectivity index (χ1v) is 4.94. The van der Waals surface area contributed by atoms with Gasteiger partial charge in [-0.25, -0.2) is 0 Å². The maximum Gasteiger partial charge on any atom is 0.309 e. The molecule has 88 valence electrons. The standard InChI is InChI=1S/C10H19NO4/c1-5-8(11-13)14-7-6-9(12)15-10(2,3)4/h13H,5-7H2,1-4H3. The summed E-state index contributed by atoms with van der Waals surface area (Å²) in [4.78, 5) is 11.2. The predicted molar refractivity (Wildman–Crippen MR) is 55.9 cm³/mol. The van der Waals surface area contributed by atoms with E-state index in [1.165, 1.54) is 0 Å². The van der Waals surface area contributed by atoms with Crippen LogP contribution in [0.5, 0.6) is 0 Å². The summed E-state index contributed by atoms with van der Waals surface area (Å²) in [7, 11) is 0. The lowest BCUT2D eigenvalue weighted by Crippen LogP contribution is -2.24. The summed E-state index contributed by atoms with van der Waals surface area (Å²) in [5.41, 5.74) is -0.476. The number of carbonyl (C=O) groups excluding carboxylic acids is 1. The van der Waals surface area contributed by atoms with Crippen LogP contribution in [0.1, 0.15) is 40.5 Å².